The van der Waals surface area contributed by atoms with Crippen molar-refractivity contribution in [1.82, 2.24) is 9.78 Å². The first kappa shape index (κ1) is 20.7. The Labute approximate surface area is 166 Å². The summed E-state index contributed by atoms with van der Waals surface area (Å²) in [6.07, 6.45) is -4.88. The molecule has 0 aliphatic carbocycles. The lowest BCUT2D eigenvalue weighted by Gasteiger charge is -2.15. The summed E-state index contributed by atoms with van der Waals surface area (Å²) >= 11 is 1.44. The van der Waals surface area contributed by atoms with Crippen LogP contribution < -0.4 is 10.9 Å². The van der Waals surface area contributed by atoms with E-state index in [0.29, 0.717) is 17.8 Å². The van der Waals surface area contributed by atoms with Gasteiger partial charge >= 0.3 is 6.18 Å². The molecule has 3 rings (SSSR count). The Morgan fingerprint density at radius 2 is 2.00 bits per heavy atom. The van der Waals surface area contributed by atoms with Crippen molar-refractivity contribution in [3.63, 3.8) is 0 Å². The summed E-state index contributed by atoms with van der Waals surface area (Å²) in [6, 6.07) is 8.79. The molecule has 0 fully saturated rings. The molecule has 5 nitrogen and oxygen atoms in total. The van der Waals surface area contributed by atoms with Crippen molar-refractivity contribution < 1.29 is 22.4 Å². The van der Waals surface area contributed by atoms with Gasteiger partial charge in [0, 0.05) is 11.8 Å². The monoisotopic (exact) mass is 425 g/mol. The molecule has 0 radical (unpaired) electrons. The van der Waals surface area contributed by atoms with Crippen LogP contribution in [-0.2, 0) is 17.5 Å². The lowest BCUT2D eigenvalue weighted by molar-refractivity contribution is -0.140. The fourth-order valence-electron chi connectivity index (χ4n) is 2.56. The zero-order valence-corrected chi connectivity index (χ0v) is 15.9. The summed E-state index contributed by atoms with van der Waals surface area (Å²) in [5, 5.41) is 8.42. The summed E-state index contributed by atoms with van der Waals surface area (Å²) in [7, 11) is 0. The lowest BCUT2D eigenvalue weighted by atomic mass is 10.1. The van der Waals surface area contributed by atoms with E-state index < -0.39 is 34.9 Å². The minimum Gasteiger partial charge on any atom is -0.326 e. The molecular weight excluding hydrogens is 410 g/mol. The van der Waals surface area contributed by atoms with Crippen LogP contribution in [0.4, 0.5) is 23.2 Å². The van der Waals surface area contributed by atoms with E-state index in [2.05, 4.69) is 10.4 Å². The minimum absolute atomic E-state index is 0.0722. The molecule has 2 aromatic heterocycles. The van der Waals surface area contributed by atoms with Crippen molar-refractivity contribution >= 4 is 22.9 Å². The Kier molecular flexibility index (Phi) is 5.83. The molecule has 3 aromatic rings. The minimum atomic E-state index is -4.88. The number of nitrogens with one attached hydrogen (secondary N) is 1. The molecule has 1 aromatic carbocycles. The Morgan fingerprint density at radius 3 is 2.66 bits per heavy atom. The summed E-state index contributed by atoms with van der Waals surface area (Å²) in [5.74, 6) is -2.83. The van der Waals surface area contributed by atoms with Crippen LogP contribution >= 0.6 is 11.3 Å². The van der Waals surface area contributed by atoms with Crippen molar-refractivity contribution in [2.45, 2.75) is 19.6 Å². The Bertz CT molecular complexity index is 1080. The Hall–Kier alpha value is -3.01. The van der Waals surface area contributed by atoms with Crippen LogP contribution in [0.2, 0.25) is 0 Å². The van der Waals surface area contributed by atoms with Gasteiger partial charge in [0.05, 0.1) is 22.9 Å². The van der Waals surface area contributed by atoms with Gasteiger partial charge in [0.25, 0.3) is 5.56 Å². The first-order valence-electron chi connectivity index (χ1n) is 8.45. The number of carbonyl (C=O) groups excluding carboxylic acids is 1. The number of nitrogens with zero attached hydrogens (tertiary/aromatic N) is 2. The number of hydrogen-bond donors (Lipinski definition) is 1. The summed E-state index contributed by atoms with van der Waals surface area (Å²) in [5.41, 5.74) is -1.50. The van der Waals surface area contributed by atoms with E-state index in [9.17, 15) is 27.2 Å². The zero-order chi connectivity index (χ0) is 21.2. The maximum Gasteiger partial charge on any atom is 0.419 e. The third kappa shape index (κ3) is 4.89. The molecule has 0 aliphatic heterocycles. The highest BCUT2D eigenvalue weighted by molar-refractivity contribution is 7.13. The molecule has 29 heavy (non-hydrogen) atoms. The van der Waals surface area contributed by atoms with Gasteiger partial charge in [-0.1, -0.05) is 13.0 Å². The van der Waals surface area contributed by atoms with Crippen LogP contribution in [0.5, 0.6) is 0 Å². The van der Waals surface area contributed by atoms with E-state index in [1.807, 2.05) is 17.5 Å². The number of alkyl halides is 3. The van der Waals surface area contributed by atoms with Gasteiger partial charge in [0.1, 0.15) is 11.5 Å². The van der Waals surface area contributed by atoms with Gasteiger partial charge in [-0.2, -0.15) is 18.3 Å². The highest BCUT2D eigenvalue weighted by atomic mass is 32.1. The number of amides is 1. The van der Waals surface area contributed by atoms with Gasteiger partial charge in [-0.05, 0) is 35.7 Å². The molecular formula is C19H15F4N3O2S. The van der Waals surface area contributed by atoms with E-state index in [4.69, 9.17) is 0 Å². The summed E-state index contributed by atoms with van der Waals surface area (Å²) < 4.78 is 52.9. The van der Waals surface area contributed by atoms with Gasteiger partial charge in [0.15, 0.2) is 0 Å². The second kappa shape index (κ2) is 8.16. The largest absolute Gasteiger partial charge is 0.419 e. The normalized spacial score (nSPS) is 12.6. The molecule has 0 spiro atoms. The number of anilines is 1. The third-order valence-electron chi connectivity index (χ3n) is 4.07. The van der Waals surface area contributed by atoms with Crippen LogP contribution in [0.3, 0.4) is 0 Å². The predicted octanol–water partition coefficient (Wildman–Crippen LogP) is 4.40. The van der Waals surface area contributed by atoms with Crippen molar-refractivity contribution in [3.05, 3.63) is 69.6 Å². The quantitative estimate of drug-likeness (QED) is 0.616. The molecule has 0 saturated heterocycles. The molecule has 10 heteroatoms. The van der Waals surface area contributed by atoms with Gasteiger partial charge in [0.2, 0.25) is 5.91 Å². The zero-order valence-electron chi connectivity index (χ0n) is 15.0. The highest BCUT2D eigenvalue weighted by Gasteiger charge is 2.34. The molecule has 1 amide bonds. The van der Waals surface area contributed by atoms with E-state index in [1.54, 1.807) is 6.07 Å². The maximum absolute atomic E-state index is 13.4. The molecule has 0 aliphatic rings. The summed E-state index contributed by atoms with van der Waals surface area (Å²) in [4.78, 5) is 25.3. The molecule has 0 saturated carbocycles. The molecule has 1 N–H and O–H groups in total. The van der Waals surface area contributed by atoms with Crippen molar-refractivity contribution in [2.24, 2.45) is 5.92 Å². The van der Waals surface area contributed by atoms with Crippen molar-refractivity contribution in [3.8, 4) is 10.6 Å². The first-order chi connectivity index (χ1) is 13.6. The number of aromatic nitrogens is 2. The fraction of sp³-hybridized carbons (Fsp3) is 0.211. The Morgan fingerprint density at radius 1 is 1.24 bits per heavy atom. The van der Waals surface area contributed by atoms with E-state index >= 15 is 0 Å². The van der Waals surface area contributed by atoms with E-state index in [1.165, 1.54) is 24.3 Å². The molecule has 0 bridgehead atoms. The third-order valence-corrected chi connectivity index (χ3v) is 4.97. The van der Waals surface area contributed by atoms with Crippen molar-refractivity contribution in [1.29, 1.82) is 0 Å². The predicted molar refractivity (Wildman–Crippen MR) is 101 cm³/mol. The fourth-order valence-corrected chi connectivity index (χ4v) is 3.25. The molecule has 2 heterocycles. The SMILES string of the molecule is C[C@@H](Cn1nc(-c2cccs2)ccc1=O)C(=O)Nc1ccc(F)c(C(F)(F)F)c1. The molecule has 152 valence electrons. The average Bonchev–Trinajstić information content (AvgIpc) is 3.18. The second-order valence-corrected chi connectivity index (χ2v) is 7.25. The molecule has 1 atom stereocenters. The van der Waals surface area contributed by atoms with Crippen LogP contribution in [0.1, 0.15) is 12.5 Å². The summed E-state index contributed by atoms with van der Waals surface area (Å²) in [6.45, 7) is 1.44. The van der Waals surface area contributed by atoms with Crippen LogP contribution in [0, 0.1) is 11.7 Å². The number of carbonyl (C=O) groups is 1. The maximum atomic E-state index is 13.4. The topological polar surface area (TPSA) is 64.0 Å². The first-order valence-corrected chi connectivity index (χ1v) is 9.33. The number of hydrogen-bond acceptors (Lipinski definition) is 4. The molecule has 0 unspecified atom stereocenters. The number of benzene rings is 1. The standard InChI is InChI=1S/C19H15F4N3O2S/c1-11(10-26-17(27)7-6-15(25-26)16-3-2-8-29-16)18(28)24-12-4-5-14(20)13(9-12)19(21,22)23/h2-9,11H,10H2,1H3,(H,24,28)/t11-/m0/s1. The van der Waals surface area contributed by atoms with Crippen molar-refractivity contribution in [2.75, 3.05) is 5.32 Å². The van der Waals surface area contributed by atoms with Crippen LogP contribution in [-0.4, -0.2) is 15.7 Å². The Balaban J connectivity index is 1.75. The number of thiophene rings is 1. The van der Waals surface area contributed by atoms with E-state index in [-0.39, 0.29) is 12.2 Å². The van der Waals surface area contributed by atoms with Gasteiger partial charge < -0.3 is 5.32 Å². The van der Waals surface area contributed by atoms with Gasteiger partial charge in [-0.25, -0.2) is 9.07 Å². The van der Waals surface area contributed by atoms with Gasteiger partial charge in [-0.15, -0.1) is 11.3 Å². The van der Waals surface area contributed by atoms with E-state index in [0.717, 1.165) is 15.6 Å². The number of halogens is 4. The number of rotatable bonds is 5. The lowest BCUT2D eigenvalue weighted by Crippen LogP contribution is -2.31. The smallest absolute Gasteiger partial charge is 0.326 e. The average molecular weight is 425 g/mol. The second-order valence-electron chi connectivity index (χ2n) is 6.30. The van der Waals surface area contributed by atoms with Crippen LogP contribution in [0.15, 0.2) is 52.6 Å². The highest BCUT2D eigenvalue weighted by Crippen LogP contribution is 2.33. The van der Waals surface area contributed by atoms with Gasteiger partial charge in [-0.3, -0.25) is 9.59 Å². The van der Waals surface area contributed by atoms with Crippen LogP contribution in [0.25, 0.3) is 10.6 Å².